The van der Waals surface area contributed by atoms with Crippen LogP contribution in [0.1, 0.15) is 11.5 Å². The maximum Gasteiger partial charge on any atom is 0.247 e. The van der Waals surface area contributed by atoms with E-state index in [0.717, 1.165) is 37.4 Å². The van der Waals surface area contributed by atoms with E-state index in [1.807, 2.05) is 43.3 Å². The number of hydrogen-bond acceptors (Lipinski definition) is 5. The SMILES string of the molecule is Cc1cccc(-c2nnc(CN3CCN(c4ccc(F)cc4)CC3)o2)c1. The van der Waals surface area contributed by atoms with Crippen LogP contribution in [0, 0.1) is 12.7 Å². The Morgan fingerprint density at radius 3 is 2.50 bits per heavy atom. The number of rotatable bonds is 4. The van der Waals surface area contributed by atoms with Crippen LogP contribution in [0.5, 0.6) is 0 Å². The van der Waals surface area contributed by atoms with E-state index in [-0.39, 0.29) is 5.82 Å². The van der Waals surface area contributed by atoms with Crippen LogP contribution in [0.25, 0.3) is 11.5 Å². The molecule has 1 aromatic heterocycles. The van der Waals surface area contributed by atoms with Gasteiger partial charge in [0.05, 0.1) is 6.54 Å². The molecule has 1 fully saturated rings. The maximum atomic E-state index is 13.1. The van der Waals surface area contributed by atoms with Gasteiger partial charge < -0.3 is 9.32 Å². The van der Waals surface area contributed by atoms with Crippen molar-refractivity contribution in [1.29, 1.82) is 0 Å². The summed E-state index contributed by atoms with van der Waals surface area (Å²) in [6.45, 7) is 6.28. The first-order valence-electron chi connectivity index (χ1n) is 8.80. The number of benzene rings is 2. The van der Waals surface area contributed by atoms with Gasteiger partial charge in [-0.2, -0.15) is 0 Å². The summed E-state index contributed by atoms with van der Waals surface area (Å²) in [6, 6.07) is 14.7. The first kappa shape index (κ1) is 16.7. The number of piperazine rings is 1. The molecule has 1 aliphatic heterocycles. The molecule has 0 unspecified atom stereocenters. The fraction of sp³-hybridized carbons (Fsp3) is 0.300. The van der Waals surface area contributed by atoms with Crippen LogP contribution in [0.15, 0.2) is 52.9 Å². The van der Waals surface area contributed by atoms with Gasteiger partial charge in [0, 0.05) is 37.4 Å². The molecule has 0 N–H and O–H groups in total. The van der Waals surface area contributed by atoms with Crippen molar-refractivity contribution in [3.63, 3.8) is 0 Å². The van der Waals surface area contributed by atoms with Gasteiger partial charge >= 0.3 is 0 Å². The molecule has 0 aliphatic carbocycles. The summed E-state index contributed by atoms with van der Waals surface area (Å²) in [4.78, 5) is 4.56. The molecular formula is C20H21FN4O. The van der Waals surface area contributed by atoms with E-state index in [4.69, 9.17) is 4.42 Å². The average Bonchev–Trinajstić information content (AvgIpc) is 3.12. The molecule has 0 amide bonds. The topological polar surface area (TPSA) is 45.4 Å². The van der Waals surface area contributed by atoms with Crippen molar-refractivity contribution in [2.75, 3.05) is 31.1 Å². The van der Waals surface area contributed by atoms with E-state index < -0.39 is 0 Å². The second kappa shape index (κ2) is 7.25. The fourth-order valence-corrected chi connectivity index (χ4v) is 3.22. The van der Waals surface area contributed by atoms with Crippen molar-refractivity contribution in [2.45, 2.75) is 13.5 Å². The van der Waals surface area contributed by atoms with Crippen LogP contribution >= 0.6 is 0 Å². The lowest BCUT2D eigenvalue weighted by atomic mass is 10.1. The molecule has 0 atom stereocenters. The van der Waals surface area contributed by atoms with Gasteiger partial charge in [0.1, 0.15) is 5.82 Å². The molecule has 2 heterocycles. The third kappa shape index (κ3) is 3.75. The quantitative estimate of drug-likeness (QED) is 0.719. The van der Waals surface area contributed by atoms with E-state index in [0.29, 0.717) is 18.3 Å². The molecule has 6 heteroatoms. The Kier molecular flexibility index (Phi) is 4.67. The minimum Gasteiger partial charge on any atom is -0.419 e. The standard InChI is InChI=1S/C20H21FN4O/c1-15-3-2-4-16(13-15)20-23-22-19(26-20)14-24-9-11-25(12-10-24)18-7-5-17(21)6-8-18/h2-8,13H,9-12,14H2,1H3. The summed E-state index contributed by atoms with van der Waals surface area (Å²) < 4.78 is 18.9. The second-order valence-corrected chi connectivity index (χ2v) is 6.61. The van der Waals surface area contributed by atoms with Gasteiger partial charge in [0.2, 0.25) is 11.8 Å². The Morgan fingerprint density at radius 2 is 1.77 bits per heavy atom. The second-order valence-electron chi connectivity index (χ2n) is 6.61. The molecule has 4 rings (SSSR count). The third-order valence-corrected chi connectivity index (χ3v) is 4.65. The summed E-state index contributed by atoms with van der Waals surface area (Å²) in [5, 5.41) is 8.36. The molecular weight excluding hydrogens is 331 g/mol. The van der Waals surface area contributed by atoms with Crippen molar-refractivity contribution in [2.24, 2.45) is 0 Å². The van der Waals surface area contributed by atoms with Crippen molar-refractivity contribution in [3.8, 4) is 11.5 Å². The van der Waals surface area contributed by atoms with Crippen LogP contribution in [0.3, 0.4) is 0 Å². The molecule has 3 aromatic rings. The zero-order valence-electron chi connectivity index (χ0n) is 14.7. The highest BCUT2D eigenvalue weighted by Crippen LogP contribution is 2.21. The lowest BCUT2D eigenvalue weighted by molar-refractivity contribution is 0.227. The van der Waals surface area contributed by atoms with E-state index in [1.54, 1.807) is 0 Å². The lowest BCUT2D eigenvalue weighted by Crippen LogP contribution is -2.46. The number of nitrogens with zero attached hydrogens (tertiary/aromatic N) is 4. The summed E-state index contributed by atoms with van der Waals surface area (Å²) in [6.07, 6.45) is 0. The molecule has 1 saturated heterocycles. The summed E-state index contributed by atoms with van der Waals surface area (Å²) in [5.41, 5.74) is 3.18. The number of aromatic nitrogens is 2. The van der Waals surface area contributed by atoms with Gasteiger partial charge in [-0.05, 0) is 43.3 Å². The highest BCUT2D eigenvalue weighted by Gasteiger charge is 2.19. The number of anilines is 1. The van der Waals surface area contributed by atoms with Gasteiger partial charge in [-0.3, -0.25) is 4.90 Å². The van der Waals surface area contributed by atoms with Gasteiger partial charge in [-0.15, -0.1) is 10.2 Å². The normalized spacial score (nSPS) is 15.4. The zero-order valence-corrected chi connectivity index (χ0v) is 14.7. The first-order valence-corrected chi connectivity index (χ1v) is 8.80. The first-order chi connectivity index (χ1) is 12.7. The van der Waals surface area contributed by atoms with Gasteiger partial charge in [-0.25, -0.2) is 4.39 Å². The van der Waals surface area contributed by atoms with E-state index >= 15 is 0 Å². The minimum atomic E-state index is -0.201. The fourth-order valence-electron chi connectivity index (χ4n) is 3.22. The largest absolute Gasteiger partial charge is 0.419 e. The monoisotopic (exact) mass is 352 g/mol. The van der Waals surface area contributed by atoms with Crippen LogP contribution in [0.2, 0.25) is 0 Å². The van der Waals surface area contributed by atoms with Crippen LogP contribution in [-0.4, -0.2) is 41.3 Å². The summed E-state index contributed by atoms with van der Waals surface area (Å²) in [5.74, 6) is 0.999. The van der Waals surface area contributed by atoms with Gasteiger partial charge in [-0.1, -0.05) is 17.7 Å². The number of halogens is 1. The van der Waals surface area contributed by atoms with Crippen LogP contribution < -0.4 is 4.90 Å². The van der Waals surface area contributed by atoms with Gasteiger partial charge in [0.15, 0.2) is 0 Å². The predicted molar refractivity (Wildman–Crippen MR) is 98.4 cm³/mol. The molecule has 134 valence electrons. The Bertz CT molecular complexity index is 870. The van der Waals surface area contributed by atoms with E-state index in [2.05, 4.69) is 20.0 Å². The maximum absolute atomic E-state index is 13.1. The molecule has 5 nitrogen and oxygen atoms in total. The van der Waals surface area contributed by atoms with Crippen LogP contribution in [0.4, 0.5) is 10.1 Å². The van der Waals surface area contributed by atoms with Crippen LogP contribution in [-0.2, 0) is 6.54 Å². The summed E-state index contributed by atoms with van der Waals surface area (Å²) >= 11 is 0. The molecule has 0 spiro atoms. The molecule has 0 bridgehead atoms. The lowest BCUT2D eigenvalue weighted by Gasteiger charge is -2.35. The Labute approximate surface area is 152 Å². The van der Waals surface area contributed by atoms with E-state index in [1.165, 1.54) is 17.7 Å². The van der Waals surface area contributed by atoms with Gasteiger partial charge in [0.25, 0.3) is 0 Å². The van der Waals surface area contributed by atoms with Crippen molar-refractivity contribution < 1.29 is 8.81 Å². The van der Waals surface area contributed by atoms with Crippen molar-refractivity contribution in [3.05, 3.63) is 65.8 Å². The molecule has 26 heavy (non-hydrogen) atoms. The smallest absolute Gasteiger partial charge is 0.247 e. The molecule has 0 saturated carbocycles. The minimum absolute atomic E-state index is 0.201. The number of aryl methyl sites for hydroxylation is 1. The summed E-state index contributed by atoms with van der Waals surface area (Å²) in [7, 11) is 0. The molecule has 2 aromatic carbocycles. The third-order valence-electron chi connectivity index (χ3n) is 4.65. The molecule has 1 aliphatic rings. The Balaban J connectivity index is 1.35. The van der Waals surface area contributed by atoms with Crippen molar-refractivity contribution in [1.82, 2.24) is 15.1 Å². The zero-order chi connectivity index (χ0) is 17.9. The Hall–Kier alpha value is -2.73. The highest BCUT2D eigenvalue weighted by molar-refractivity contribution is 5.53. The average molecular weight is 352 g/mol. The highest BCUT2D eigenvalue weighted by atomic mass is 19.1. The Morgan fingerprint density at radius 1 is 1.00 bits per heavy atom. The van der Waals surface area contributed by atoms with Crippen molar-refractivity contribution >= 4 is 5.69 Å². The van der Waals surface area contributed by atoms with E-state index in [9.17, 15) is 4.39 Å². The number of hydrogen-bond donors (Lipinski definition) is 0. The predicted octanol–water partition coefficient (Wildman–Crippen LogP) is 3.51. The molecule has 0 radical (unpaired) electrons.